The second-order valence-corrected chi connectivity index (χ2v) is 4.18. The Morgan fingerprint density at radius 2 is 2.11 bits per heavy atom. The van der Waals surface area contributed by atoms with Gasteiger partial charge in [0.1, 0.15) is 12.7 Å². The van der Waals surface area contributed by atoms with Crippen LogP contribution in [0.5, 0.6) is 0 Å². The lowest BCUT2D eigenvalue weighted by molar-refractivity contribution is 0.797. The lowest BCUT2D eigenvalue weighted by atomic mass is 10.5. The molecule has 0 aliphatic rings. The third-order valence-electron chi connectivity index (χ3n) is 2.15. The van der Waals surface area contributed by atoms with Crippen LogP contribution in [0.1, 0.15) is 0 Å². The van der Waals surface area contributed by atoms with E-state index in [9.17, 15) is 0 Å². The molecule has 4 N–H and O–H groups in total. The highest BCUT2D eigenvalue weighted by Crippen LogP contribution is 2.17. The molecule has 0 fully saturated rings. The SMILES string of the molecule is NNc1nc(Nc2ccsc2)nc(-n2cncn2)n1. The van der Waals surface area contributed by atoms with Crippen molar-refractivity contribution in [1.82, 2.24) is 29.7 Å². The molecule has 3 aromatic heterocycles. The molecule has 10 heteroatoms. The number of hydrogen-bond acceptors (Lipinski definition) is 9. The predicted molar refractivity (Wildman–Crippen MR) is 70.2 cm³/mol. The van der Waals surface area contributed by atoms with Gasteiger partial charge in [0.2, 0.25) is 11.9 Å². The maximum atomic E-state index is 5.34. The molecule has 96 valence electrons. The molecule has 3 rings (SSSR count). The molecule has 0 amide bonds. The van der Waals surface area contributed by atoms with Crippen LogP contribution in [-0.2, 0) is 0 Å². The smallest absolute Gasteiger partial charge is 0.258 e. The van der Waals surface area contributed by atoms with Crippen LogP contribution in [0.25, 0.3) is 5.95 Å². The van der Waals surface area contributed by atoms with Gasteiger partial charge in [-0.15, -0.1) is 0 Å². The Bertz CT molecular complexity index is 648. The second-order valence-electron chi connectivity index (χ2n) is 3.40. The lowest BCUT2D eigenvalue weighted by Crippen LogP contribution is -2.15. The summed E-state index contributed by atoms with van der Waals surface area (Å²) in [5, 5.41) is 10.9. The normalized spacial score (nSPS) is 10.4. The van der Waals surface area contributed by atoms with Crippen molar-refractivity contribution in [1.29, 1.82) is 0 Å². The topological polar surface area (TPSA) is 119 Å². The van der Waals surface area contributed by atoms with Gasteiger partial charge in [-0.2, -0.15) is 36.1 Å². The summed E-state index contributed by atoms with van der Waals surface area (Å²) >= 11 is 1.57. The molecule has 3 heterocycles. The predicted octanol–water partition coefficient (Wildman–Crippen LogP) is 0.543. The summed E-state index contributed by atoms with van der Waals surface area (Å²) < 4.78 is 1.42. The van der Waals surface area contributed by atoms with Crippen molar-refractivity contribution < 1.29 is 0 Å². The van der Waals surface area contributed by atoms with Gasteiger partial charge in [-0.05, 0) is 11.4 Å². The molecule has 9 nitrogen and oxygen atoms in total. The Balaban J connectivity index is 1.98. The van der Waals surface area contributed by atoms with E-state index < -0.39 is 0 Å². The van der Waals surface area contributed by atoms with Gasteiger partial charge in [0.25, 0.3) is 5.95 Å². The minimum absolute atomic E-state index is 0.234. The van der Waals surface area contributed by atoms with Crippen LogP contribution in [0.4, 0.5) is 17.6 Å². The number of nitrogen functional groups attached to an aromatic ring is 1. The van der Waals surface area contributed by atoms with Crippen LogP contribution in [0, 0.1) is 0 Å². The summed E-state index contributed by atoms with van der Waals surface area (Å²) in [5.41, 5.74) is 3.28. The Kier molecular flexibility index (Phi) is 3.00. The molecule has 0 aliphatic heterocycles. The standard InChI is InChI=1S/C9H9N9S/c10-17-8-14-7(13-6-1-2-19-3-6)15-9(16-8)18-5-11-4-12-18/h1-5H,10H2,(H2,13,14,15,16,17). The van der Waals surface area contributed by atoms with Crippen LogP contribution in [-0.4, -0.2) is 29.7 Å². The summed E-state index contributed by atoms with van der Waals surface area (Å²) in [4.78, 5) is 16.3. The number of hydrazine groups is 1. The average Bonchev–Trinajstić information content (AvgIpc) is 3.11. The van der Waals surface area contributed by atoms with Gasteiger partial charge in [0, 0.05) is 5.38 Å². The van der Waals surface area contributed by atoms with Crippen molar-refractivity contribution in [2.75, 3.05) is 10.7 Å². The average molecular weight is 275 g/mol. The second kappa shape index (κ2) is 4.96. The highest BCUT2D eigenvalue weighted by Gasteiger charge is 2.08. The summed E-state index contributed by atoms with van der Waals surface area (Å²) in [6.07, 6.45) is 2.88. The molecule has 0 unspecified atom stereocenters. The number of aromatic nitrogens is 6. The number of nitrogens with zero attached hydrogens (tertiary/aromatic N) is 6. The highest BCUT2D eigenvalue weighted by molar-refractivity contribution is 7.08. The number of anilines is 3. The van der Waals surface area contributed by atoms with Crippen LogP contribution in [0.15, 0.2) is 29.5 Å². The number of rotatable bonds is 4. The van der Waals surface area contributed by atoms with Gasteiger partial charge in [-0.3, -0.25) is 5.43 Å². The summed E-state index contributed by atoms with van der Waals surface area (Å²) in [7, 11) is 0. The first-order valence-electron chi connectivity index (χ1n) is 5.22. The van der Waals surface area contributed by atoms with Gasteiger partial charge in [-0.25, -0.2) is 10.8 Å². The molecule has 0 saturated heterocycles. The van der Waals surface area contributed by atoms with Crippen LogP contribution in [0.3, 0.4) is 0 Å². The van der Waals surface area contributed by atoms with E-state index in [4.69, 9.17) is 5.84 Å². The van der Waals surface area contributed by atoms with E-state index in [-0.39, 0.29) is 5.95 Å². The molecule has 19 heavy (non-hydrogen) atoms. The zero-order chi connectivity index (χ0) is 13.1. The van der Waals surface area contributed by atoms with Crippen molar-refractivity contribution in [3.05, 3.63) is 29.5 Å². The molecule has 0 bridgehead atoms. The Morgan fingerprint density at radius 3 is 2.79 bits per heavy atom. The number of nitrogens with two attached hydrogens (primary N) is 1. The third-order valence-corrected chi connectivity index (χ3v) is 2.84. The van der Waals surface area contributed by atoms with Gasteiger partial charge in [0.15, 0.2) is 0 Å². The molecular formula is C9H9N9S. The largest absolute Gasteiger partial charge is 0.323 e. The molecule has 0 saturated carbocycles. The molecule has 3 aromatic rings. The Labute approximate surface area is 111 Å². The van der Waals surface area contributed by atoms with Gasteiger partial charge < -0.3 is 5.32 Å². The summed E-state index contributed by atoms with van der Waals surface area (Å²) in [5.74, 6) is 6.26. The van der Waals surface area contributed by atoms with Gasteiger partial charge in [-0.1, -0.05) is 0 Å². The number of hydrogen-bond donors (Lipinski definition) is 3. The van der Waals surface area contributed by atoms with E-state index in [1.807, 2.05) is 16.8 Å². The maximum Gasteiger partial charge on any atom is 0.258 e. The first kappa shape index (κ1) is 11.5. The van der Waals surface area contributed by atoms with Crippen LogP contribution in [0.2, 0.25) is 0 Å². The minimum Gasteiger partial charge on any atom is -0.323 e. The van der Waals surface area contributed by atoms with E-state index in [2.05, 4.69) is 35.8 Å². The zero-order valence-corrected chi connectivity index (χ0v) is 10.4. The van der Waals surface area contributed by atoms with Crippen molar-refractivity contribution in [2.45, 2.75) is 0 Å². The monoisotopic (exact) mass is 275 g/mol. The summed E-state index contributed by atoms with van der Waals surface area (Å²) in [6, 6.07) is 1.92. The van der Waals surface area contributed by atoms with Crippen molar-refractivity contribution >= 4 is 28.9 Å². The molecule has 0 atom stereocenters. The fourth-order valence-electron chi connectivity index (χ4n) is 1.36. The van der Waals surface area contributed by atoms with Crippen molar-refractivity contribution in [3.63, 3.8) is 0 Å². The maximum absolute atomic E-state index is 5.34. The van der Waals surface area contributed by atoms with Gasteiger partial charge >= 0.3 is 0 Å². The third kappa shape index (κ3) is 2.48. The number of nitrogens with one attached hydrogen (secondary N) is 2. The minimum atomic E-state index is 0.234. The summed E-state index contributed by atoms with van der Waals surface area (Å²) in [6.45, 7) is 0. The quantitative estimate of drug-likeness (QED) is 0.466. The van der Waals surface area contributed by atoms with E-state index in [1.165, 1.54) is 17.3 Å². The zero-order valence-electron chi connectivity index (χ0n) is 9.56. The molecule has 0 spiro atoms. The van der Waals surface area contributed by atoms with E-state index in [0.29, 0.717) is 11.9 Å². The van der Waals surface area contributed by atoms with E-state index >= 15 is 0 Å². The Hall–Kier alpha value is -2.59. The lowest BCUT2D eigenvalue weighted by Gasteiger charge is -2.06. The first-order chi connectivity index (χ1) is 9.35. The van der Waals surface area contributed by atoms with Gasteiger partial charge in [0.05, 0.1) is 5.69 Å². The molecule has 0 aliphatic carbocycles. The van der Waals surface area contributed by atoms with E-state index in [1.54, 1.807) is 11.3 Å². The fourth-order valence-corrected chi connectivity index (χ4v) is 1.95. The molecule has 0 radical (unpaired) electrons. The van der Waals surface area contributed by atoms with Crippen molar-refractivity contribution in [3.8, 4) is 5.95 Å². The number of thiophene rings is 1. The van der Waals surface area contributed by atoms with Crippen LogP contribution < -0.4 is 16.6 Å². The van der Waals surface area contributed by atoms with Crippen molar-refractivity contribution in [2.24, 2.45) is 5.84 Å². The molecule has 0 aromatic carbocycles. The highest BCUT2D eigenvalue weighted by atomic mass is 32.1. The molecular weight excluding hydrogens is 266 g/mol. The Morgan fingerprint density at radius 1 is 1.21 bits per heavy atom. The van der Waals surface area contributed by atoms with Crippen LogP contribution >= 0.6 is 11.3 Å². The fraction of sp³-hybridized carbons (Fsp3) is 0. The van der Waals surface area contributed by atoms with E-state index in [0.717, 1.165) is 5.69 Å². The first-order valence-corrected chi connectivity index (χ1v) is 6.16.